The first-order valence-electron chi connectivity index (χ1n) is 8.23. The van der Waals surface area contributed by atoms with Crippen LogP contribution >= 0.6 is 0 Å². The minimum atomic E-state index is -0.804. The van der Waals surface area contributed by atoms with Crippen molar-refractivity contribution >= 4 is 11.8 Å². The number of rotatable bonds is 3. The van der Waals surface area contributed by atoms with Crippen molar-refractivity contribution in [2.75, 3.05) is 5.73 Å². The first kappa shape index (κ1) is 18.5. The smallest absolute Gasteiger partial charge is 0.407 e. The molecular weight excluding hydrogens is 310 g/mol. The molecule has 1 amide bonds. The van der Waals surface area contributed by atoms with Crippen molar-refractivity contribution in [3.05, 3.63) is 24.0 Å². The summed E-state index contributed by atoms with van der Waals surface area (Å²) in [7, 11) is 0. The van der Waals surface area contributed by atoms with Crippen LogP contribution in [0.4, 0.5) is 10.5 Å². The minimum absolute atomic E-state index is 0.318. The second kappa shape index (κ2) is 7.36. The van der Waals surface area contributed by atoms with E-state index in [1.165, 1.54) is 0 Å². The van der Waals surface area contributed by atoms with E-state index in [2.05, 4.69) is 10.3 Å². The van der Waals surface area contributed by atoms with Crippen LogP contribution in [0.15, 0.2) is 18.5 Å². The molecule has 4 N–H and O–H groups in total. The summed E-state index contributed by atoms with van der Waals surface area (Å²) in [6.07, 6.45) is 2.18. The SMILES string of the molecule is CC[C@@H]1O[C@H](c2ccncc2N)C[C@H](NC(=O)OC(C)(C)C)[C@H]1O. The molecule has 1 aromatic rings. The van der Waals surface area contributed by atoms with Crippen LogP contribution in [0.3, 0.4) is 0 Å². The zero-order chi connectivity index (χ0) is 17.9. The van der Waals surface area contributed by atoms with Gasteiger partial charge >= 0.3 is 6.09 Å². The minimum Gasteiger partial charge on any atom is -0.444 e. The standard InChI is InChI=1S/C17H27N3O4/c1-5-13-15(21)12(20-16(22)24-17(2,3)4)8-14(23-13)10-6-7-19-9-11(10)18/h6-7,9,12-15,21H,5,8,18H2,1-4H3,(H,20,22)/t12-,13-,14-,15+/m0/s1. The van der Waals surface area contributed by atoms with Crippen LogP contribution in [-0.2, 0) is 9.47 Å². The summed E-state index contributed by atoms with van der Waals surface area (Å²) in [5, 5.41) is 13.2. The van der Waals surface area contributed by atoms with Gasteiger partial charge in [0.15, 0.2) is 0 Å². The second-order valence-electron chi connectivity index (χ2n) is 7.06. The molecule has 2 heterocycles. The largest absolute Gasteiger partial charge is 0.444 e. The highest BCUT2D eigenvalue weighted by Gasteiger charge is 2.39. The number of hydrogen-bond acceptors (Lipinski definition) is 6. The molecule has 0 saturated carbocycles. The van der Waals surface area contributed by atoms with Crippen LogP contribution in [-0.4, -0.2) is 40.0 Å². The van der Waals surface area contributed by atoms with Crippen molar-refractivity contribution in [2.24, 2.45) is 0 Å². The fourth-order valence-corrected chi connectivity index (χ4v) is 2.83. The normalized spacial score (nSPS) is 27.5. The Labute approximate surface area is 142 Å². The Kier molecular flexibility index (Phi) is 5.66. The summed E-state index contributed by atoms with van der Waals surface area (Å²) in [5.74, 6) is 0. The van der Waals surface area contributed by atoms with Crippen molar-refractivity contribution < 1.29 is 19.4 Å². The zero-order valence-corrected chi connectivity index (χ0v) is 14.7. The summed E-state index contributed by atoms with van der Waals surface area (Å²) in [5.41, 5.74) is 6.73. The lowest BCUT2D eigenvalue weighted by molar-refractivity contribution is -0.134. The second-order valence-corrected chi connectivity index (χ2v) is 7.06. The van der Waals surface area contributed by atoms with Gasteiger partial charge in [-0.1, -0.05) is 6.92 Å². The highest BCUT2D eigenvalue weighted by atomic mass is 16.6. The summed E-state index contributed by atoms with van der Waals surface area (Å²) in [6.45, 7) is 7.31. The van der Waals surface area contributed by atoms with E-state index in [0.717, 1.165) is 5.56 Å². The maximum atomic E-state index is 12.1. The summed E-state index contributed by atoms with van der Waals surface area (Å²) in [4.78, 5) is 16.0. The van der Waals surface area contributed by atoms with Crippen LogP contribution < -0.4 is 11.1 Å². The number of carbonyl (C=O) groups excluding carboxylic acids is 1. The van der Waals surface area contributed by atoms with E-state index < -0.39 is 29.9 Å². The van der Waals surface area contributed by atoms with Gasteiger partial charge in [-0.05, 0) is 33.3 Å². The number of nitrogens with two attached hydrogens (primary N) is 1. The van der Waals surface area contributed by atoms with Crippen molar-refractivity contribution in [3.8, 4) is 0 Å². The molecule has 0 radical (unpaired) electrons. The Bertz CT molecular complexity index is 573. The van der Waals surface area contributed by atoms with Gasteiger partial charge in [0.2, 0.25) is 0 Å². The summed E-state index contributed by atoms with van der Waals surface area (Å²) >= 11 is 0. The van der Waals surface area contributed by atoms with E-state index in [1.807, 2.05) is 6.92 Å². The number of aromatic nitrogens is 1. The van der Waals surface area contributed by atoms with Crippen molar-refractivity contribution in [1.29, 1.82) is 0 Å². The van der Waals surface area contributed by atoms with Gasteiger partial charge in [0.05, 0.1) is 30.1 Å². The number of carbonyl (C=O) groups is 1. The Balaban J connectivity index is 2.14. The predicted molar refractivity (Wildman–Crippen MR) is 90.3 cm³/mol. The third-order valence-electron chi connectivity index (χ3n) is 3.94. The third-order valence-corrected chi connectivity index (χ3v) is 3.94. The molecule has 0 aromatic carbocycles. The van der Waals surface area contributed by atoms with Gasteiger partial charge in [-0.15, -0.1) is 0 Å². The van der Waals surface area contributed by atoms with Gasteiger partial charge in [-0.2, -0.15) is 0 Å². The van der Waals surface area contributed by atoms with Crippen molar-refractivity contribution in [1.82, 2.24) is 10.3 Å². The number of amides is 1. The van der Waals surface area contributed by atoms with Gasteiger partial charge in [0.1, 0.15) is 11.7 Å². The molecule has 1 aliphatic rings. The number of nitrogens with zero attached hydrogens (tertiary/aromatic N) is 1. The van der Waals surface area contributed by atoms with Crippen LogP contribution in [0, 0.1) is 0 Å². The molecule has 1 aliphatic heterocycles. The first-order chi connectivity index (χ1) is 11.2. The van der Waals surface area contributed by atoms with Gasteiger partial charge in [-0.3, -0.25) is 4.98 Å². The summed E-state index contributed by atoms with van der Waals surface area (Å²) in [6, 6.07) is 1.32. The number of alkyl carbamates (subject to hydrolysis) is 1. The quantitative estimate of drug-likeness (QED) is 0.780. The number of anilines is 1. The molecule has 7 heteroatoms. The number of aliphatic hydroxyl groups is 1. The molecule has 1 saturated heterocycles. The number of pyridine rings is 1. The molecule has 24 heavy (non-hydrogen) atoms. The van der Waals surface area contributed by atoms with E-state index in [9.17, 15) is 9.90 Å². The molecule has 1 aromatic heterocycles. The predicted octanol–water partition coefficient (Wildman–Crippen LogP) is 2.16. The van der Waals surface area contributed by atoms with E-state index in [0.29, 0.717) is 18.5 Å². The molecule has 0 spiro atoms. The number of hydrogen-bond donors (Lipinski definition) is 3. The van der Waals surface area contributed by atoms with Crippen LogP contribution in [0.1, 0.15) is 52.2 Å². The molecule has 0 aliphatic carbocycles. The maximum Gasteiger partial charge on any atom is 0.407 e. The van der Waals surface area contributed by atoms with Crippen LogP contribution in [0.5, 0.6) is 0 Å². The monoisotopic (exact) mass is 337 g/mol. The van der Waals surface area contributed by atoms with E-state index >= 15 is 0 Å². The fraction of sp³-hybridized carbons (Fsp3) is 0.647. The molecule has 4 atom stereocenters. The molecule has 7 nitrogen and oxygen atoms in total. The number of aliphatic hydroxyl groups excluding tert-OH is 1. The van der Waals surface area contributed by atoms with E-state index in [1.54, 1.807) is 39.2 Å². The van der Waals surface area contributed by atoms with Crippen LogP contribution in [0.25, 0.3) is 0 Å². The molecular formula is C17H27N3O4. The molecule has 0 bridgehead atoms. The molecule has 0 unspecified atom stereocenters. The first-order valence-corrected chi connectivity index (χ1v) is 8.23. The van der Waals surface area contributed by atoms with E-state index in [-0.39, 0.29) is 6.10 Å². The van der Waals surface area contributed by atoms with Crippen molar-refractivity contribution in [2.45, 2.75) is 70.5 Å². The topological polar surface area (TPSA) is 107 Å². The number of nitrogen functional groups attached to an aromatic ring is 1. The van der Waals surface area contributed by atoms with Crippen LogP contribution in [0.2, 0.25) is 0 Å². The highest BCUT2D eigenvalue weighted by molar-refractivity contribution is 5.68. The lowest BCUT2D eigenvalue weighted by atomic mass is 9.90. The van der Waals surface area contributed by atoms with Gasteiger partial charge in [0, 0.05) is 18.2 Å². The Morgan fingerprint density at radius 1 is 1.54 bits per heavy atom. The Morgan fingerprint density at radius 2 is 2.25 bits per heavy atom. The third kappa shape index (κ3) is 4.58. The maximum absolute atomic E-state index is 12.1. The zero-order valence-electron chi connectivity index (χ0n) is 14.7. The fourth-order valence-electron chi connectivity index (χ4n) is 2.83. The van der Waals surface area contributed by atoms with E-state index in [4.69, 9.17) is 15.2 Å². The Hall–Kier alpha value is -1.86. The molecule has 134 valence electrons. The lowest BCUT2D eigenvalue weighted by Crippen LogP contribution is -2.54. The van der Waals surface area contributed by atoms with Gasteiger partial charge < -0.3 is 25.6 Å². The Morgan fingerprint density at radius 3 is 2.83 bits per heavy atom. The lowest BCUT2D eigenvalue weighted by Gasteiger charge is -2.40. The van der Waals surface area contributed by atoms with Gasteiger partial charge in [0.25, 0.3) is 0 Å². The highest BCUT2D eigenvalue weighted by Crippen LogP contribution is 2.35. The average molecular weight is 337 g/mol. The number of ether oxygens (including phenoxy) is 2. The van der Waals surface area contributed by atoms with Crippen molar-refractivity contribution in [3.63, 3.8) is 0 Å². The van der Waals surface area contributed by atoms with Gasteiger partial charge in [-0.25, -0.2) is 4.79 Å². The average Bonchev–Trinajstić information content (AvgIpc) is 2.48. The summed E-state index contributed by atoms with van der Waals surface area (Å²) < 4.78 is 11.3. The number of nitrogens with one attached hydrogen (secondary N) is 1. The molecule has 1 fully saturated rings. The molecule has 2 rings (SSSR count).